The van der Waals surface area contributed by atoms with Crippen LogP contribution in [0.25, 0.3) is 10.8 Å². The van der Waals surface area contributed by atoms with Gasteiger partial charge in [-0.3, -0.25) is 4.79 Å². The molecular weight excluding hydrogens is 387 g/mol. The van der Waals surface area contributed by atoms with Gasteiger partial charge in [-0.25, -0.2) is 8.42 Å². The van der Waals surface area contributed by atoms with Gasteiger partial charge < -0.3 is 4.55 Å². The summed E-state index contributed by atoms with van der Waals surface area (Å²) in [7, 11) is -4.61. The molecule has 0 spiro atoms. The smallest absolute Gasteiger partial charge is 0.744 e. The fraction of sp³-hybridized carbons (Fsp3) is 0.150. The number of rotatable bonds is 3. The van der Waals surface area contributed by atoms with Gasteiger partial charge in [0.25, 0.3) is 0 Å². The van der Waals surface area contributed by atoms with Gasteiger partial charge in [-0.1, -0.05) is 48.5 Å². The molecule has 0 aromatic heterocycles. The van der Waals surface area contributed by atoms with Crippen LogP contribution in [0.1, 0.15) is 23.6 Å². The number of hydrogen-bond acceptors (Lipinski definition) is 6. The molecule has 4 rings (SSSR count). The minimum absolute atomic E-state index is 0. The summed E-state index contributed by atoms with van der Waals surface area (Å²) in [6.07, 6.45) is 1.11. The van der Waals surface area contributed by atoms with E-state index in [-0.39, 0.29) is 40.2 Å². The Morgan fingerprint density at radius 3 is 2.32 bits per heavy atom. The van der Waals surface area contributed by atoms with Gasteiger partial charge in [0.05, 0.1) is 10.6 Å². The maximum atomic E-state index is 12.4. The number of carbonyl (C=O) groups excluding carboxylic acids is 1. The van der Waals surface area contributed by atoms with Crippen molar-refractivity contribution in [2.45, 2.75) is 23.8 Å². The number of hydrogen-bond donors (Lipinski definition) is 0. The van der Waals surface area contributed by atoms with Crippen LogP contribution in [0.4, 0.5) is 5.69 Å². The van der Waals surface area contributed by atoms with Gasteiger partial charge in [-0.15, -0.1) is 0 Å². The normalized spacial score (nSPS) is 16.8. The molecule has 3 aromatic carbocycles. The summed E-state index contributed by atoms with van der Waals surface area (Å²) in [5, 5.41) is 9.29. The van der Waals surface area contributed by atoms with Crippen molar-refractivity contribution in [3.63, 3.8) is 0 Å². The molecule has 0 saturated heterocycles. The third kappa shape index (κ3) is 3.94. The van der Waals surface area contributed by atoms with E-state index in [1.807, 2.05) is 24.3 Å². The Kier molecular flexibility index (Phi) is 6.12. The van der Waals surface area contributed by atoms with E-state index in [1.165, 1.54) is 12.1 Å². The summed E-state index contributed by atoms with van der Waals surface area (Å²) in [5.74, 6) is 0.000474. The van der Waals surface area contributed by atoms with Gasteiger partial charge in [-0.2, -0.15) is 10.2 Å². The first-order chi connectivity index (χ1) is 12.9. The zero-order valence-corrected chi connectivity index (χ0v) is 18.0. The molecule has 1 aliphatic carbocycles. The predicted octanol–water partition coefficient (Wildman–Crippen LogP) is 1.09. The van der Waals surface area contributed by atoms with E-state index in [4.69, 9.17) is 0 Å². The Bertz CT molecular complexity index is 1190. The molecule has 1 aliphatic rings. The molecule has 0 aliphatic heterocycles. The Balaban J connectivity index is 0.00000225. The van der Waals surface area contributed by atoms with E-state index in [9.17, 15) is 17.8 Å². The largest absolute Gasteiger partial charge is 1.00 e. The molecule has 1 unspecified atom stereocenters. The van der Waals surface area contributed by atoms with Crippen LogP contribution < -0.4 is 29.6 Å². The van der Waals surface area contributed by atoms with Crippen molar-refractivity contribution in [2.24, 2.45) is 10.2 Å². The van der Waals surface area contributed by atoms with Crippen molar-refractivity contribution in [1.82, 2.24) is 0 Å². The summed E-state index contributed by atoms with van der Waals surface area (Å²) in [6.45, 7) is 0. The van der Waals surface area contributed by atoms with E-state index >= 15 is 0 Å². The zero-order chi connectivity index (χ0) is 19.0. The number of Topliss-reactive ketones (excluding diaryl/α,β-unsaturated/α-hetero) is 1. The molecule has 1 atom stereocenters. The number of ketones is 1. The van der Waals surface area contributed by atoms with Crippen LogP contribution in [0.5, 0.6) is 0 Å². The van der Waals surface area contributed by atoms with Crippen molar-refractivity contribution in [2.75, 3.05) is 0 Å². The van der Waals surface area contributed by atoms with Crippen LogP contribution in [0.3, 0.4) is 0 Å². The van der Waals surface area contributed by atoms with E-state index in [0.29, 0.717) is 29.3 Å². The van der Waals surface area contributed by atoms with Crippen LogP contribution >= 0.6 is 0 Å². The van der Waals surface area contributed by atoms with E-state index in [1.54, 1.807) is 24.3 Å². The van der Waals surface area contributed by atoms with Crippen LogP contribution in [0, 0.1) is 0 Å². The number of carbonyl (C=O) groups is 1. The Morgan fingerprint density at radius 2 is 1.57 bits per heavy atom. The molecule has 0 saturated carbocycles. The first-order valence-electron chi connectivity index (χ1n) is 8.44. The number of nitrogens with zero attached hydrogens (tertiary/aromatic N) is 2. The number of benzene rings is 3. The fourth-order valence-electron chi connectivity index (χ4n) is 3.40. The molecule has 0 N–H and O–H groups in total. The Hall–Kier alpha value is -1.90. The minimum atomic E-state index is -4.61. The van der Waals surface area contributed by atoms with Crippen molar-refractivity contribution >= 4 is 32.4 Å². The SMILES string of the molecule is O=C1CCc2ccccc2C1N=Nc1ccc(S(=O)(=O)[O-])c2ccccc12.[Na+]. The molecule has 6 nitrogen and oxygen atoms in total. The second-order valence-electron chi connectivity index (χ2n) is 6.37. The Labute approximate surface area is 184 Å². The zero-order valence-electron chi connectivity index (χ0n) is 15.2. The topological polar surface area (TPSA) is 99.0 Å². The van der Waals surface area contributed by atoms with E-state index in [2.05, 4.69) is 10.2 Å². The van der Waals surface area contributed by atoms with Crippen molar-refractivity contribution in [3.05, 3.63) is 71.8 Å². The minimum Gasteiger partial charge on any atom is -0.744 e. The van der Waals surface area contributed by atoms with Crippen molar-refractivity contribution in [1.29, 1.82) is 0 Å². The molecule has 0 heterocycles. The van der Waals surface area contributed by atoms with Crippen LogP contribution in [-0.2, 0) is 21.3 Å². The summed E-state index contributed by atoms with van der Waals surface area (Å²) >= 11 is 0. The standard InChI is InChI=1S/C20H16N2O4S.Na/c23-18-11-9-13-5-1-2-6-14(13)20(18)22-21-17-10-12-19(27(24,25)26)16-8-4-3-7-15(16)17;/h1-8,10,12,20H,9,11H2,(H,24,25,26);/q;+1/p-1. The number of aryl methyl sites for hydroxylation is 1. The molecule has 0 radical (unpaired) electrons. The Morgan fingerprint density at radius 1 is 0.893 bits per heavy atom. The third-order valence-electron chi connectivity index (χ3n) is 4.71. The van der Waals surface area contributed by atoms with Crippen LogP contribution in [0.2, 0.25) is 0 Å². The molecule has 8 heteroatoms. The molecule has 0 bridgehead atoms. The van der Waals surface area contributed by atoms with Crippen LogP contribution in [-0.4, -0.2) is 18.8 Å². The average molecular weight is 402 g/mol. The molecule has 0 fully saturated rings. The van der Waals surface area contributed by atoms with Crippen LogP contribution in [0.15, 0.2) is 75.8 Å². The fourth-order valence-corrected chi connectivity index (χ4v) is 4.09. The molecule has 0 amide bonds. The first kappa shape index (κ1) is 20.8. The summed E-state index contributed by atoms with van der Waals surface area (Å²) < 4.78 is 34.5. The third-order valence-corrected chi connectivity index (χ3v) is 5.60. The van der Waals surface area contributed by atoms with Gasteiger partial charge >= 0.3 is 29.6 Å². The van der Waals surface area contributed by atoms with Crippen molar-refractivity contribution < 1.29 is 47.3 Å². The van der Waals surface area contributed by atoms with Gasteiger partial charge in [0.15, 0.2) is 11.8 Å². The predicted molar refractivity (Wildman–Crippen MR) is 98.9 cm³/mol. The molecular formula is C20H15N2NaO4S. The quantitative estimate of drug-likeness (QED) is 0.372. The van der Waals surface area contributed by atoms with Gasteiger partial charge in [0.2, 0.25) is 0 Å². The molecule has 28 heavy (non-hydrogen) atoms. The second kappa shape index (κ2) is 8.23. The van der Waals surface area contributed by atoms with Gasteiger partial charge in [-0.05, 0) is 29.7 Å². The molecule has 3 aromatic rings. The summed E-state index contributed by atoms with van der Waals surface area (Å²) in [4.78, 5) is 12.1. The number of fused-ring (bicyclic) bond motifs is 2. The van der Waals surface area contributed by atoms with Crippen molar-refractivity contribution in [3.8, 4) is 0 Å². The monoisotopic (exact) mass is 402 g/mol. The molecule has 136 valence electrons. The maximum absolute atomic E-state index is 12.4. The van der Waals surface area contributed by atoms with E-state index in [0.717, 1.165) is 11.1 Å². The second-order valence-corrected chi connectivity index (χ2v) is 7.71. The van der Waals surface area contributed by atoms with Gasteiger partial charge in [0, 0.05) is 17.2 Å². The van der Waals surface area contributed by atoms with Gasteiger partial charge in [0.1, 0.15) is 10.1 Å². The maximum Gasteiger partial charge on any atom is 1.00 e. The summed E-state index contributed by atoms with van der Waals surface area (Å²) in [5.41, 5.74) is 2.34. The first-order valence-corrected chi connectivity index (χ1v) is 9.85. The average Bonchev–Trinajstić information content (AvgIpc) is 2.66. The number of azo groups is 1. The summed E-state index contributed by atoms with van der Waals surface area (Å²) in [6, 6.07) is 16.3. The van der Waals surface area contributed by atoms with E-state index < -0.39 is 16.2 Å².